The van der Waals surface area contributed by atoms with Crippen LogP contribution in [0.5, 0.6) is 0 Å². The Hall–Kier alpha value is -3.19. The summed E-state index contributed by atoms with van der Waals surface area (Å²) in [6, 6.07) is 14.9. The number of unbranched alkanes of at least 4 members (excludes halogenated alkanes) is 11. The molecule has 7 heteroatoms. The van der Waals surface area contributed by atoms with Crippen LogP contribution in [0.2, 0.25) is 0 Å². The normalized spacial score (nSPS) is 12.7. The lowest BCUT2D eigenvalue weighted by Crippen LogP contribution is -2.34. The number of benzene rings is 2. The highest BCUT2D eigenvalue weighted by Gasteiger charge is 2.34. The summed E-state index contributed by atoms with van der Waals surface area (Å²) in [6.45, 7) is 9.33. The Morgan fingerprint density at radius 2 is 1.17 bits per heavy atom. The van der Waals surface area contributed by atoms with Gasteiger partial charge < -0.3 is 15.5 Å². The van der Waals surface area contributed by atoms with Gasteiger partial charge in [0.2, 0.25) is 0 Å². The van der Waals surface area contributed by atoms with E-state index < -0.39 is 0 Å². The van der Waals surface area contributed by atoms with Crippen molar-refractivity contribution in [2.75, 3.05) is 44.6 Å². The fourth-order valence-electron chi connectivity index (χ4n) is 5.55. The summed E-state index contributed by atoms with van der Waals surface area (Å²) >= 11 is 0. The van der Waals surface area contributed by atoms with Gasteiger partial charge in [0.25, 0.3) is 17.7 Å². The van der Waals surface area contributed by atoms with Gasteiger partial charge in [0.05, 0.1) is 11.1 Å². The van der Waals surface area contributed by atoms with E-state index in [4.69, 9.17) is 0 Å². The molecular weight excluding hydrogens is 524 g/mol. The van der Waals surface area contributed by atoms with Crippen LogP contribution in [0.25, 0.3) is 0 Å². The number of rotatable bonds is 22. The van der Waals surface area contributed by atoms with Crippen LogP contribution in [0.1, 0.15) is 122 Å². The zero-order valence-electron chi connectivity index (χ0n) is 26.0. The molecule has 0 fully saturated rings. The van der Waals surface area contributed by atoms with Crippen molar-refractivity contribution in [2.24, 2.45) is 0 Å². The first-order chi connectivity index (χ1) is 20.5. The highest BCUT2D eigenvalue weighted by molar-refractivity contribution is 6.21. The van der Waals surface area contributed by atoms with Crippen LogP contribution in [0, 0.1) is 0 Å². The van der Waals surface area contributed by atoms with Crippen LogP contribution < -0.4 is 10.6 Å². The number of carbonyl (C=O) groups is 3. The maximum atomic E-state index is 12.4. The van der Waals surface area contributed by atoms with Gasteiger partial charge in [0, 0.05) is 37.4 Å². The van der Waals surface area contributed by atoms with Gasteiger partial charge in [0.1, 0.15) is 0 Å². The number of fused-ring (bicyclic) bond motifs is 1. The van der Waals surface area contributed by atoms with E-state index in [0.717, 1.165) is 51.1 Å². The van der Waals surface area contributed by atoms with Crippen LogP contribution in [0.4, 0.5) is 5.69 Å². The Morgan fingerprint density at radius 3 is 1.69 bits per heavy atom. The van der Waals surface area contributed by atoms with Crippen molar-refractivity contribution in [1.82, 2.24) is 15.1 Å². The summed E-state index contributed by atoms with van der Waals surface area (Å²) in [6.07, 6.45) is 14.5. The minimum Gasteiger partial charge on any atom is -0.385 e. The minimum atomic E-state index is -0.138. The molecule has 7 nitrogen and oxygen atoms in total. The van der Waals surface area contributed by atoms with E-state index in [1.807, 2.05) is 36.4 Å². The lowest BCUT2D eigenvalue weighted by molar-refractivity contribution is 0.0651. The first-order valence-corrected chi connectivity index (χ1v) is 16.3. The monoisotopic (exact) mass is 576 g/mol. The third-order valence-electron chi connectivity index (χ3n) is 8.27. The predicted molar refractivity (Wildman–Crippen MR) is 172 cm³/mol. The fraction of sp³-hybridized carbons (Fsp3) is 0.571. The lowest BCUT2D eigenvalue weighted by Gasteiger charge is -2.18. The van der Waals surface area contributed by atoms with Crippen LogP contribution >= 0.6 is 0 Å². The van der Waals surface area contributed by atoms with Gasteiger partial charge in [-0.3, -0.25) is 19.3 Å². The molecule has 0 radical (unpaired) electrons. The summed E-state index contributed by atoms with van der Waals surface area (Å²) in [7, 11) is 0. The molecular formula is C35H52N4O3. The van der Waals surface area contributed by atoms with Crippen molar-refractivity contribution < 1.29 is 14.4 Å². The van der Waals surface area contributed by atoms with Crippen LogP contribution in [-0.2, 0) is 0 Å². The van der Waals surface area contributed by atoms with Gasteiger partial charge >= 0.3 is 0 Å². The van der Waals surface area contributed by atoms with Gasteiger partial charge in [0.15, 0.2) is 0 Å². The molecule has 42 heavy (non-hydrogen) atoms. The highest BCUT2D eigenvalue weighted by atomic mass is 16.2. The van der Waals surface area contributed by atoms with Crippen molar-refractivity contribution in [3.05, 3.63) is 65.2 Å². The smallest absolute Gasteiger partial charge is 0.261 e. The zero-order valence-corrected chi connectivity index (χ0v) is 26.0. The van der Waals surface area contributed by atoms with E-state index in [2.05, 4.69) is 29.4 Å². The van der Waals surface area contributed by atoms with Crippen molar-refractivity contribution in [3.8, 4) is 0 Å². The number of imide groups is 1. The fourth-order valence-corrected chi connectivity index (χ4v) is 5.55. The number of hydrogen-bond donors (Lipinski definition) is 2. The van der Waals surface area contributed by atoms with E-state index in [-0.39, 0.29) is 17.7 Å². The summed E-state index contributed by atoms with van der Waals surface area (Å²) in [5.41, 5.74) is 2.87. The highest BCUT2D eigenvalue weighted by Crippen LogP contribution is 2.23. The average Bonchev–Trinajstić information content (AvgIpc) is 3.26. The van der Waals surface area contributed by atoms with Crippen molar-refractivity contribution in [1.29, 1.82) is 0 Å². The van der Waals surface area contributed by atoms with E-state index in [0.29, 0.717) is 29.8 Å². The molecule has 2 aromatic carbocycles. The van der Waals surface area contributed by atoms with E-state index in [1.165, 1.54) is 62.7 Å². The Labute approximate surface area is 253 Å². The molecule has 0 bridgehead atoms. The van der Waals surface area contributed by atoms with Crippen molar-refractivity contribution >= 4 is 23.4 Å². The zero-order chi connectivity index (χ0) is 30.0. The number of anilines is 1. The van der Waals surface area contributed by atoms with Gasteiger partial charge in [-0.15, -0.1) is 0 Å². The molecule has 1 heterocycles. The molecule has 3 rings (SSSR count). The first kappa shape index (κ1) is 33.3. The van der Waals surface area contributed by atoms with Crippen LogP contribution in [-0.4, -0.2) is 66.8 Å². The van der Waals surface area contributed by atoms with E-state index in [9.17, 15) is 14.4 Å². The maximum absolute atomic E-state index is 12.4. The number of carbonyl (C=O) groups excluding carboxylic acids is 3. The SMILES string of the molecule is CCN(CC)CCNC(=O)c1ccc(NCCCCCCCCCCCCCCN2C(=O)c3ccccc3C2=O)cc1. The summed E-state index contributed by atoms with van der Waals surface area (Å²) < 4.78 is 0. The van der Waals surface area contributed by atoms with Gasteiger partial charge in [-0.1, -0.05) is 90.2 Å². The largest absolute Gasteiger partial charge is 0.385 e. The Morgan fingerprint density at radius 1 is 0.667 bits per heavy atom. The van der Waals surface area contributed by atoms with Gasteiger partial charge in [-0.05, 0) is 62.3 Å². The molecule has 2 N–H and O–H groups in total. The quantitative estimate of drug-likeness (QED) is 0.115. The molecule has 0 unspecified atom stereocenters. The topological polar surface area (TPSA) is 81.8 Å². The number of hydrogen-bond acceptors (Lipinski definition) is 5. The van der Waals surface area contributed by atoms with Crippen LogP contribution in [0.15, 0.2) is 48.5 Å². The molecule has 2 aromatic rings. The molecule has 0 saturated heterocycles. The predicted octanol–water partition coefficient (Wildman–Crippen LogP) is 7.15. The van der Waals surface area contributed by atoms with E-state index in [1.54, 1.807) is 12.1 Å². The third-order valence-corrected chi connectivity index (χ3v) is 8.27. The van der Waals surface area contributed by atoms with Gasteiger partial charge in [-0.25, -0.2) is 0 Å². The molecule has 3 amide bonds. The second kappa shape index (κ2) is 19.1. The second-order valence-corrected chi connectivity index (χ2v) is 11.3. The summed E-state index contributed by atoms with van der Waals surface area (Å²) in [4.78, 5) is 40.8. The second-order valence-electron chi connectivity index (χ2n) is 11.3. The average molecular weight is 577 g/mol. The molecule has 0 atom stereocenters. The van der Waals surface area contributed by atoms with Crippen LogP contribution in [0.3, 0.4) is 0 Å². The first-order valence-electron chi connectivity index (χ1n) is 16.3. The number of nitrogens with one attached hydrogen (secondary N) is 2. The third kappa shape index (κ3) is 10.9. The van der Waals surface area contributed by atoms with Crippen molar-refractivity contribution in [2.45, 2.75) is 90.9 Å². The molecule has 0 spiro atoms. The Kier molecular flexibility index (Phi) is 15.1. The van der Waals surface area contributed by atoms with Crippen molar-refractivity contribution in [3.63, 3.8) is 0 Å². The number of likely N-dealkylation sites (N-methyl/N-ethyl adjacent to an activating group) is 1. The standard InChI is InChI=1S/C35H52N4O3/c1-3-38(4-2)28-26-37-33(40)29-21-23-30(24-22-29)36-25-17-13-11-9-7-5-6-8-10-12-14-18-27-39-34(41)31-19-15-16-20-32(31)35(39)42/h15-16,19-24,36H,3-14,17-18,25-28H2,1-2H3,(H,37,40). The Bertz CT molecular complexity index is 1060. The molecule has 1 aliphatic heterocycles. The molecule has 230 valence electrons. The molecule has 0 saturated carbocycles. The number of amides is 3. The summed E-state index contributed by atoms with van der Waals surface area (Å²) in [5.74, 6) is -0.284. The number of nitrogens with zero attached hydrogens (tertiary/aromatic N) is 2. The lowest BCUT2D eigenvalue weighted by atomic mass is 10.0. The molecule has 1 aliphatic rings. The maximum Gasteiger partial charge on any atom is 0.261 e. The van der Waals surface area contributed by atoms with E-state index >= 15 is 0 Å². The minimum absolute atomic E-state index is 0.00831. The van der Waals surface area contributed by atoms with Gasteiger partial charge in [-0.2, -0.15) is 0 Å². The molecule has 0 aromatic heterocycles. The molecule has 0 aliphatic carbocycles. The Balaban J connectivity index is 1.09. The summed E-state index contributed by atoms with van der Waals surface area (Å²) in [5, 5.41) is 6.48.